The van der Waals surface area contributed by atoms with E-state index in [-0.39, 0.29) is 17.3 Å². The zero-order chi connectivity index (χ0) is 37.0. The molecule has 55 heavy (non-hydrogen) atoms. The van der Waals surface area contributed by atoms with Gasteiger partial charge in [-0.15, -0.1) is 0 Å². The fourth-order valence-electron chi connectivity index (χ4n) is 9.62. The number of rotatable bonds is 4. The van der Waals surface area contributed by atoms with Crippen molar-refractivity contribution in [1.29, 1.82) is 0 Å². The molecule has 0 saturated carbocycles. The molecule has 0 bridgehead atoms. The Balaban J connectivity index is 1.11. The van der Waals surface area contributed by atoms with Crippen molar-refractivity contribution in [1.82, 2.24) is 24.1 Å². The Kier molecular flexibility index (Phi) is 6.88. The largest absolute Gasteiger partial charge is 0.291 e. The molecule has 0 saturated heterocycles. The average Bonchev–Trinajstić information content (AvgIpc) is 3.85. The van der Waals surface area contributed by atoms with E-state index in [1.54, 1.807) is 0 Å². The van der Waals surface area contributed by atoms with Gasteiger partial charge in [0.25, 0.3) is 0 Å². The Morgan fingerprint density at radius 1 is 0.673 bits per heavy atom. The summed E-state index contributed by atoms with van der Waals surface area (Å²) in [4.78, 5) is 21.2. The molecule has 6 heteroatoms. The van der Waals surface area contributed by atoms with Crippen LogP contribution in [0, 0.1) is 24.7 Å². The average molecular weight is 713 g/mol. The Morgan fingerprint density at radius 3 is 2.22 bits per heavy atom. The Hall–Kier alpha value is -6.40. The lowest BCUT2D eigenvalue weighted by Crippen LogP contribution is -2.38. The van der Waals surface area contributed by atoms with Crippen LogP contribution in [0.4, 0.5) is 0 Å². The van der Waals surface area contributed by atoms with Crippen LogP contribution in [0.2, 0.25) is 0 Å². The number of aryl methyl sites for hydroxylation is 1. The molecule has 6 nitrogen and oxygen atoms in total. The van der Waals surface area contributed by atoms with E-state index in [0.29, 0.717) is 11.8 Å². The van der Waals surface area contributed by atoms with Gasteiger partial charge in [0.2, 0.25) is 0 Å². The summed E-state index contributed by atoms with van der Waals surface area (Å²) < 4.78 is 4.63. The molecule has 1 aliphatic heterocycles. The zero-order valence-corrected chi connectivity index (χ0v) is 31.3. The van der Waals surface area contributed by atoms with Crippen molar-refractivity contribution >= 4 is 45.5 Å². The van der Waals surface area contributed by atoms with Gasteiger partial charge in [-0.25, -0.2) is 19.9 Å². The number of imidazole rings is 2. The molecule has 4 aliphatic rings. The monoisotopic (exact) mass is 712 g/mol. The van der Waals surface area contributed by atoms with E-state index in [1.807, 2.05) is 0 Å². The van der Waals surface area contributed by atoms with E-state index in [4.69, 9.17) is 19.9 Å². The minimum atomic E-state index is -0.163. The Bertz CT molecular complexity index is 2990. The summed E-state index contributed by atoms with van der Waals surface area (Å²) >= 11 is 0. The first-order chi connectivity index (χ1) is 26.8. The van der Waals surface area contributed by atoms with Crippen LogP contribution >= 0.6 is 0 Å². The summed E-state index contributed by atoms with van der Waals surface area (Å²) in [5.41, 5.74) is 11.8. The van der Waals surface area contributed by atoms with E-state index in [9.17, 15) is 0 Å². The van der Waals surface area contributed by atoms with E-state index < -0.39 is 0 Å². The zero-order valence-electron chi connectivity index (χ0n) is 31.3. The van der Waals surface area contributed by atoms with Gasteiger partial charge in [-0.05, 0) is 102 Å². The van der Waals surface area contributed by atoms with E-state index in [0.717, 1.165) is 72.8 Å². The lowest BCUT2D eigenvalue weighted by molar-refractivity contribution is 0.421. The first-order valence-corrected chi connectivity index (χ1v) is 19.4. The quantitative estimate of drug-likeness (QED) is 0.183. The van der Waals surface area contributed by atoms with Crippen molar-refractivity contribution in [2.75, 3.05) is 0 Å². The van der Waals surface area contributed by atoms with E-state index in [1.165, 1.54) is 16.7 Å². The van der Waals surface area contributed by atoms with Crippen molar-refractivity contribution in [3.8, 4) is 22.9 Å². The van der Waals surface area contributed by atoms with Crippen LogP contribution in [-0.4, -0.2) is 29.8 Å². The maximum atomic E-state index is 5.42. The highest BCUT2D eigenvalue weighted by atomic mass is 15.1. The molecule has 4 atom stereocenters. The maximum absolute atomic E-state index is 5.42. The Morgan fingerprint density at radius 2 is 1.42 bits per heavy atom. The smallest absolute Gasteiger partial charge is 0.164 e. The normalized spacial score (nSPS) is 21.6. The number of para-hydroxylation sites is 3. The summed E-state index contributed by atoms with van der Waals surface area (Å²) in [6, 6.07) is 36.5. The minimum absolute atomic E-state index is 0.152. The summed E-state index contributed by atoms with van der Waals surface area (Å²) in [5.74, 6) is 2.72. The van der Waals surface area contributed by atoms with Crippen LogP contribution in [0.3, 0.4) is 0 Å². The molecular weight excluding hydrogens is 673 g/mol. The van der Waals surface area contributed by atoms with Gasteiger partial charge in [-0.2, -0.15) is 0 Å². The lowest BCUT2D eigenvalue weighted by atomic mass is 9.74. The van der Waals surface area contributed by atoms with Crippen molar-refractivity contribution in [2.45, 2.75) is 39.0 Å². The number of aromatic nitrogens is 5. The topological polar surface area (TPSA) is 60.9 Å². The van der Waals surface area contributed by atoms with Crippen LogP contribution in [0.25, 0.3) is 62.7 Å². The molecule has 266 valence electrons. The van der Waals surface area contributed by atoms with Crippen LogP contribution < -0.4 is 10.7 Å². The van der Waals surface area contributed by atoms with E-state index in [2.05, 4.69) is 182 Å². The second kappa shape index (κ2) is 11.8. The molecule has 3 aliphatic carbocycles. The number of nitrogens with zero attached hydrogens (tertiary/aromatic N) is 6. The number of aliphatic imine (C=N–C) groups is 1. The van der Waals surface area contributed by atoms with Crippen LogP contribution in [0.15, 0.2) is 139 Å². The number of hydrogen-bond donors (Lipinski definition) is 0. The number of allylic oxidation sites excluding steroid dienone is 5. The van der Waals surface area contributed by atoms with Gasteiger partial charge in [0.1, 0.15) is 11.4 Å². The molecule has 0 amide bonds. The van der Waals surface area contributed by atoms with Gasteiger partial charge in [0.05, 0.1) is 27.2 Å². The highest BCUT2D eigenvalue weighted by Crippen LogP contribution is 2.54. The summed E-state index contributed by atoms with van der Waals surface area (Å²) in [6.07, 6.45) is 15.8. The fraction of sp³-hybridized carbons (Fsp3) is 0.184. The predicted octanol–water partition coefficient (Wildman–Crippen LogP) is 9.17. The van der Waals surface area contributed by atoms with Crippen molar-refractivity contribution in [2.24, 2.45) is 22.7 Å². The molecule has 3 aromatic heterocycles. The first-order valence-electron chi connectivity index (χ1n) is 19.4. The molecule has 4 unspecified atom stereocenters. The maximum Gasteiger partial charge on any atom is 0.164 e. The lowest BCUT2D eigenvalue weighted by Gasteiger charge is -2.29. The third-order valence-corrected chi connectivity index (χ3v) is 12.4. The Labute approximate surface area is 320 Å². The number of hydrogen-bond acceptors (Lipinski definition) is 4. The molecule has 11 rings (SSSR count). The molecule has 0 N–H and O–H groups in total. The third kappa shape index (κ3) is 4.80. The van der Waals surface area contributed by atoms with Gasteiger partial charge < -0.3 is 0 Å². The minimum Gasteiger partial charge on any atom is -0.291 e. The molecule has 0 spiro atoms. The van der Waals surface area contributed by atoms with Gasteiger partial charge in [-0.1, -0.05) is 106 Å². The fourth-order valence-corrected chi connectivity index (χ4v) is 9.62. The van der Waals surface area contributed by atoms with Crippen molar-refractivity contribution in [3.63, 3.8) is 0 Å². The molecule has 0 radical (unpaired) electrons. The van der Waals surface area contributed by atoms with Crippen molar-refractivity contribution < 1.29 is 0 Å². The predicted molar refractivity (Wildman–Crippen MR) is 224 cm³/mol. The highest BCUT2D eigenvalue weighted by Gasteiger charge is 2.46. The van der Waals surface area contributed by atoms with Crippen LogP contribution in [0.1, 0.15) is 49.2 Å². The number of benzene rings is 4. The van der Waals surface area contributed by atoms with Crippen LogP contribution in [-0.2, 0) is 5.41 Å². The van der Waals surface area contributed by atoms with E-state index >= 15 is 0 Å². The SMILES string of the molecule is Cc1cc(-c2nc3c(n2-c2ccccc2)=CC2C(C=3)c3cc4nc(C5=CC(C)C6C=CC=CC6=N5)n(-c5ccccc5)c4cc3C2(C)C)nc2ccccc12. The molecule has 4 heterocycles. The standard InChI is InChI=1S/C49H40N6/c1-29-23-43(50-39-21-13-11-19-33(29)39)47-52-41-25-35-36-26-42-46(28-38(36)49(3,4)37(35)27-45(41)54(47)31-15-7-5-8-16-31)55(32-17-9-6-10-18-32)48(53-42)44-24-30(2)34-20-12-14-22-40(34)51-44/h5-29,33,36,38H,1-4H3. The van der Waals surface area contributed by atoms with Crippen molar-refractivity contribution in [3.05, 3.63) is 167 Å². The third-order valence-electron chi connectivity index (χ3n) is 12.4. The number of fused-ring (bicyclic) bond motifs is 7. The highest BCUT2D eigenvalue weighted by molar-refractivity contribution is 6.04. The molecule has 7 aromatic rings. The molecule has 0 fully saturated rings. The van der Waals surface area contributed by atoms with Gasteiger partial charge in [-0.3, -0.25) is 9.13 Å². The van der Waals surface area contributed by atoms with Crippen LogP contribution in [0.5, 0.6) is 0 Å². The summed E-state index contributed by atoms with van der Waals surface area (Å²) in [5, 5.41) is 3.28. The van der Waals surface area contributed by atoms with Gasteiger partial charge in [0.15, 0.2) is 11.6 Å². The summed E-state index contributed by atoms with van der Waals surface area (Å²) in [6.45, 7) is 9.25. The second-order valence-corrected chi connectivity index (χ2v) is 16.1. The second-order valence-electron chi connectivity index (χ2n) is 16.1. The molecule has 4 aromatic carbocycles. The number of pyridine rings is 1. The van der Waals surface area contributed by atoms with Gasteiger partial charge in [0, 0.05) is 34.3 Å². The molecular formula is C49H40N6. The van der Waals surface area contributed by atoms with Gasteiger partial charge >= 0.3 is 0 Å². The summed E-state index contributed by atoms with van der Waals surface area (Å²) in [7, 11) is 0. The first kappa shape index (κ1) is 32.1.